The molecular weight excluding hydrogens is 352 g/mol. The molecule has 0 amide bonds. The minimum atomic E-state index is 0.0423. The van der Waals surface area contributed by atoms with Crippen LogP contribution in [0.4, 0.5) is 0 Å². The van der Waals surface area contributed by atoms with Crippen LogP contribution in [0.3, 0.4) is 0 Å². The molecule has 1 nitrogen and oxygen atoms in total. The normalized spacial score (nSPS) is 12.0. The van der Waals surface area contributed by atoms with Crippen LogP contribution in [0.15, 0.2) is 95.4 Å². The van der Waals surface area contributed by atoms with Gasteiger partial charge in [0.25, 0.3) is 0 Å². The lowest BCUT2D eigenvalue weighted by atomic mass is 9.83. The molecule has 0 N–H and O–H groups in total. The monoisotopic (exact) mass is 376 g/mol. The highest BCUT2D eigenvalue weighted by Gasteiger charge is 2.22. The Labute approximate surface area is 171 Å². The van der Waals surface area contributed by atoms with Crippen LogP contribution < -0.4 is 0 Å². The summed E-state index contributed by atoms with van der Waals surface area (Å²) in [5.41, 5.74) is 8.17. The lowest BCUT2D eigenvalue weighted by molar-refractivity contribution is 0.594. The van der Waals surface area contributed by atoms with Crippen molar-refractivity contribution in [1.82, 2.24) is 0 Å². The number of fused-ring (bicyclic) bond motifs is 3. The summed E-state index contributed by atoms with van der Waals surface area (Å²) in [7, 11) is 0. The van der Waals surface area contributed by atoms with Gasteiger partial charge in [0.2, 0.25) is 0 Å². The van der Waals surface area contributed by atoms with E-state index in [-0.39, 0.29) is 5.41 Å². The van der Waals surface area contributed by atoms with Crippen LogP contribution in [0.2, 0.25) is 0 Å². The molecule has 0 spiro atoms. The predicted molar refractivity (Wildman–Crippen MR) is 123 cm³/mol. The third-order valence-electron chi connectivity index (χ3n) is 5.63. The van der Waals surface area contributed by atoms with Gasteiger partial charge in [-0.15, -0.1) is 0 Å². The van der Waals surface area contributed by atoms with Crippen LogP contribution in [-0.4, -0.2) is 0 Å². The zero-order chi connectivity index (χ0) is 20.0. The fraction of sp³-hybridized carbons (Fsp3) is 0.143. The molecule has 0 atom stereocenters. The zero-order valence-electron chi connectivity index (χ0n) is 17.1. The number of hydrogen-bond acceptors (Lipinski definition) is 1. The Morgan fingerprint density at radius 2 is 1.10 bits per heavy atom. The van der Waals surface area contributed by atoms with Gasteiger partial charge in [-0.25, -0.2) is 0 Å². The van der Waals surface area contributed by atoms with Gasteiger partial charge in [0, 0.05) is 10.8 Å². The summed E-state index contributed by atoms with van der Waals surface area (Å²) >= 11 is 0. The fourth-order valence-electron chi connectivity index (χ4n) is 4.20. The van der Waals surface area contributed by atoms with E-state index in [0.29, 0.717) is 0 Å². The number of furan rings is 1. The summed E-state index contributed by atoms with van der Waals surface area (Å²) in [6.45, 7) is 6.79. The Morgan fingerprint density at radius 1 is 0.517 bits per heavy atom. The van der Waals surface area contributed by atoms with Crippen LogP contribution in [0, 0.1) is 0 Å². The summed E-state index contributed by atoms with van der Waals surface area (Å²) in [4.78, 5) is 0. The van der Waals surface area contributed by atoms with Gasteiger partial charge in [-0.2, -0.15) is 0 Å². The van der Waals surface area contributed by atoms with E-state index in [1.165, 1.54) is 38.6 Å². The topological polar surface area (TPSA) is 13.1 Å². The summed E-state index contributed by atoms with van der Waals surface area (Å²) in [6, 6.07) is 32.1. The highest BCUT2D eigenvalue weighted by atomic mass is 16.3. The summed E-state index contributed by atoms with van der Waals surface area (Å²) in [6.07, 6.45) is 0. The maximum Gasteiger partial charge on any atom is 0.136 e. The highest BCUT2D eigenvalue weighted by molar-refractivity contribution is 6.14. The van der Waals surface area contributed by atoms with Gasteiger partial charge < -0.3 is 4.42 Å². The van der Waals surface area contributed by atoms with Crippen molar-refractivity contribution in [3.05, 3.63) is 96.6 Å². The van der Waals surface area contributed by atoms with Gasteiger partial charge in [0.05, 0.1) is 0 Å². The van der Waals surface area contributed by atoms with Crippen molar-refractivity contribution < 1.29 is 4.42 Å². The molecule has 0 fully saturated rings. The molecule has 0 radical (unpaired) electrons. The van der Waals surface area contributed by atoms with E-state index >= 15 is 0 Å². The van der Waals surface area contributed by atoms with Crippen molar-refractivity contribution in [3.8, 4) is 22.3 Å². The van der Waals surface area contributed by atoms with Crippen LogP contribution in [0.25, 0.3) is 44.2 Å². The molecule has 1 heteroatoms. The van der Waals surface area contributed by atoms with Crippen molar-refractivity contribution in [1.29, 1.82) is 0 Å². The van der Waals surface area contributed by atoms with Crippen molar-refractivity contribution in [2.24, 2.45) is 0 Å². The molecule has 0 bridgehead atoms. The van der Waals surface area contributed by atoms with Crippen LogP contribution >= 0.6 is 0 Å². The van der Waals surface area contributed by atoms with E-state index in [1.807, 2.05) is 0 Å². The molecule has 5 rings (SSSR count). The average Bonchev–Trinajstić information content (AvgIpc) is 3.12. The first-order valence-electron chi connectivity index (χ1n) is 10.1. The first kappa shape index (κ1) is 17.8. The van der Waals surface area contributed by atoms with E-state index < -0.39 is 0 Å². The molecule has 1 heterocycles. The van der Waals surface area contributed by atoms with Crippen LogP contribution in [0.1, 0.15) is 26.3 Å². The number of hydrogen-bond donors (Lipinski definition) is 0. The molecule has 0 aliphatic rings. The molecule has 142 valence electrons. The van der Waals surface area contributed by atoms with E-state index in [1.54, 1.807) is 0 Å². The third kappa shape index (κ3) is 3.03. The largest absolute Gasteiger partial charge is 0.456 e. The number of rotatable bonds is 2. The lowest BCUT2D eigenvalue weighted by Crippen LogP contribution is -2.11. The Hall–Kier alpha value is -3.32. The predicted octanol–water partition coefficient (Wildman–Crippen LogP) is 8.22. The summed E-state index contributed by atoms with van der Waals surface area (Å²) in [5, 5.41) is 2.44. The van der Waals surface area contributed by atoms with Crippen molar-refractivity contribution in [2.75, 3.05) is 0 Å². The van der Waals surface area contributed by atoms with Gasteiger partial charge >= 0.3 is 0 Å². The van der Waals surface area contributed by atoms with Crippen molar-refractivity contribution in [2.45, 2.75) is 26.2 Å². The van der Waals surface area contributed by atoms with Crippen LogP contribution in [0.5, 0.6) is 0 Å². The van der Waals surface area contributed by atoms with Crippen molar-refractivity contribution >= 4 is 21.9 Å². The molecule has 0 aliphatic heterocycles. The Morgan fingerprint density at radius 3 is 1.79 bits per heavy atom. The Balaban J connectivity index is 1.73. The Bertz CT molecular complexity index is 1300. The number of benzene rings is 4. The molecule has 0 saturated heterocycles. The van der Waals surface area contributed by atoms with E-state index in [0.717, 1.165) is 11.2 Å². The first-order valence-corrected chi connectivity index (χ1v) is 10.1. The molecule has 1 aromatic heterocycles. The van der Waals surface area contributed by atoms with Gasteiger partial charge in [0.15, 0.2) is 0 Å². The summed E-state index contributed by atoms with van der Waals surface area (Å²) < 4.78 is 6.24. The second kappa shape index (κ2) is 6.63. The molecule has 29 heavy (non-hydrogen) atoms. The summed E-state index contributed by atoms with van der Waals surface area (Å²) in [5.74, 6) is 0. The zero-order valence-corrected chi connectivity index (χ0v) is 17.1. The fourth-order valence-corrected chi connectivity index (χ4v) is 4.20. The highest BCUT2D eigenvalue weighted by Crippen LogP contribution is 2.41. The SMILES string of the molecule is CC(C)(C)c1cccc2oc3cccc(-c4ccc(-c5ccccc5)cc4)c3c12. The van der Waals surface area contributed by atoms with Gasteiger partial charge in [0.1, 0.15) is 11.2 Å². The molecule has 0 saturated carbocycles. The molecule has 0 unspecified atom stereocenters. The van der Waals surface area contributed by atoms with Crippen molar-refractivity contribution in [3.63, 3.8) is 0 Å². The van der Waals surface area contributed by atoms with Gasteiger partial charge in [-0.05, 0) is 45.4 Å². The minimum absolute atomic E-state index is 0.0423. The van der Waals surface area contributed by atoms with Gasteiger partial charge in [-0.1, -0.05) is 99.6 Å². The van der Waals surface area contributed by atoms with Gasteiger partial charge in [-0.3, -0.25) is 0 Å². The maximum absolute atomic E-state index is 6.24. The first-order chi connectivity index (χ1) is 14.0. The van der Waals surface area contributed by atoms with Crippen LogP contribution in [-0.2, 0) is 5.41 Å². The third-order valence-corrected chi connectivity index (χ3v) is 5.63. The maximum atomic E-state index is 6.24. The average molecular weight is 376 g/mol. The van der Waals surface area contributed by atoms with E-state index in [4.69, 9.17) is 4.42 Å². The van der Waals surface area contributed by atoms with E-state index in [9.17, 15) is 0 Å². The lowest BCUT2D eigenvalue weighted by Gasteiger charge is -2.20. The minimum Gasteiger partial charge on any atom is -0.456 e. The molecule has 4 aromatic carbocycles. The van der Waals surface area contributed by atoms with E-state index in [2.05, 4.69) is 112 Å². The molecule has 0 aliphatic carbocycles. The standard InChI is InChI=1S/C28H24O/c1-28(2,3)23-12-8-14-25-27(23)26-22(11-7-13-24(26)29-25)21-17-15-20(16-18-21)19-9-5-4-6-10-19/h4-18H,1-3H3. The smallest absolute Gasteiger partial charge is 0.136 e. The quantitative estimate of drug-likeness (QED) is 0.302. The molecule has 5 aromatic rings. The molecular formula is C28H24O. The second-order valence-electron chi connectivity index (χ2n) is 8.65. The Kier molecular flexibility index (Phi) is 4.06. The second-order valence-corrected chi connectivity index (χ2v) is 8.65.